The number of hydrogen-bond donors (Lipinski definition) is 2. The third-order valence-electron chi connectivity index (χ3n) is 2.49. The van der Waals surface area contributed by atoms with Gasteiger partial charge in [-0.15, -0.1) is 0 Å². The number of aliphatic hydroxyl groups is 1. The van der Waals surface area contributed by atoms with Crippen molar-refractivity contribution in [2.24, 2.45) is 5.92 Å². The minimum atomic E-state index is 0.335. The van der Waals surface area contributed by atoms with Crippen molar-refractivity contribution in [2.75, 3.05) is 13.2 Å². The molecule has 0 radical (unpaired) electrons. The standard InChI is InChI=1S/C11H25NO/c1-4-11(10(2)3)12-8-6-5-7-9-13/h10-13H,4-9H2,1-3H3. The van der Waals surface area contributed by atoms with Gasteiger partial charge < -0.3 is 10.4 Å². The maximum absolute atomic E-state index is 8.59. The second kappa shape index (κ2) is 8.52. The molecule has 0 saturated carbocycles. The van der Waals surface area contributed by atoms with Crippen LogP contribution in [0.3, 0.4) is 0 Å². The highest BCUT2D eigenvalue weighted by Gasteiger charge is 2.08. The highest BCUT2D eigenvalue weighted by molar-refractivity contribution is 4.67. The highest BCUT2D eigenvalue weighted by atomic mass is 16.2. The monoisotopic (exact) mass is 187 g/mol. The summed E-state index contributed by atoms with van der Waals surface area (Å²) in [7, 11) is 0. The zero-order valence-corrected chi connectivity index (χ0v) is 9.34. The Morgan fingerprint density at radius 2 is 1.85 bits per heavy atom. The second-order valence-corrected chi connectivity index (χ2v) is 4.00. The van der Waals surface area contributed by atoms with Gasteiger partial charge in [0, 0.05) is 12.6 Å². The summed E-state index contributed by atoms with van der Waals surface area (Å²) < 4.78 is 0. The van der Waals surface area contributed by atoms with Crippen LogP contribution in [0.4, 0.5) is 0 Å². The van der Waals surface area contributed by atoms with Crippen molar-refractivity contribution in [3.05, 3.63) is 0 Å². The first-order chi connectivity index (χ1) is 6.22. The predicted molar refractivity (Wildman–Crippen MR) is 57.9 cm³/mol. The minimum Gasteiger partial charge on any atom is -0.396 e. The molecule has 2 heteroatoms. The molecule has 0 fully saturated rings. The Morgan fingerprint density at radius 1 is 1.15 bits per heavy atom. The van der Waals surface area contributed by atoms with E-state index in [1.807, 2.05) is 0 Å². The summed E-state index contributed by atoms with van der Waals surface area (Å²) in [5.74, 6) is 0.725. The first-order valence-corrected chi connectivity index (χ1v) is 5.56. The summed E-state index contributed by atoms with van der Waals surface area (Å²) in [5.41, 5.74) is 0. The smallest absolute Gasteiger partial charge is 0.0431 e. The van der Waals surface area contributed by atoms with Gasteiger partial charge in [0.05, 0.1) is 0 Å². The topological polar surface area (TPSA) is 32.3 Å². The molecule has 0 aliphatic rings. The Balaban J connectivity index is 3.28. The van der Waals surface area contributed by atoms with Crippen molar-refractivity contribution < 1.29 is 5.11 Å². The molecule has 0 aliphatic carbocycles. The molecule has 0 aromatic carbocycles. The van der Waals surface area contributed by atoms with E-state index in [-0.39, 0.29) is 0 Å². The van der Waals surface area contributed by atoms with E-state index in [0.717, 1.165) is 25.3 Å². The number of aliphatic hydroxyl groups excluding tert-OH is 1. The summed E-state index contributed by atoms with van der Waals surface area (Å²) in [4.78, 5) is 0. The molecule has 0 aromatic rings. The lowest BCUT2D eigenvalue weighted by molar-refractivity contribution is 0.281. The summed E-state index contributed by atoms with van der Waals surface area (Å²) in [6.45, 7) is 8.17. The first-order valence-electron chi connectivity index (χ1n) is 5.56. The Bertz CT molecular complexity index is 104. The Kier molecular flexibility index (Phi) is 8.46. The van der Waals surface area contributed by atoms with Crippen LogP contribution in [0.5, 0.6) is 0 Å². The van der Waals surface area contributed by atoms with Gasteiger partial charge in [0.2, 0.25) is 0 Å². The molecule has 0 saturated heterocycles. The molecule has 80 valence electrons. The fourth-order valence-corrected chi connectivity index (χ4v) is 1.55. The average molecular weight is 187 g/mol. The van der Waals surface area contributed by atoms with Crippen LogP contribution in [0.2, 0.25) is 0 Å². The normalized spacial score (nSPS) is 13.6. The van der Waals surface area contributed by atoms with E-state index in [1.54, 1.807) is 0 Å². The molecular weight excluding hydrogens is 162 g/mol. The van der Waals surface area contributed by atoms with Gasteiger partial charge in [0.1, 0.15) is 0 Å². The molecule has 2 N–H and O–H groups in total. The third kappa shape index (κ3) is 7.03. The van der Waals surface area contributed by atoms with Gasteiger partial charge in [-0.05, 0) is 38.1 Å². The molecule has 13 heavy (non-hydrogen) atoms. The van der Waals surface area contributed by atoms with Crippen molar-refractivity contribution in [3.8, 4) is 0 Å². The van der Waals surface area contributed by atoms with Crippen LogP contribution >= 0.6 is 0 Å². The van der Waals surface area contributed by atoms with Gasteiger partial charge in [-0.2, -0.15) is 0 Å². The Hall–Kier alpha value is -0.0800. The zero-order valence-electron chi connectivity index (χ0n) is 9.34. The molecule has 0 aliphatic heterocycles. The molecule has 0 amide bonds. The molecule has 1 atom stereocenters. The minimum absolute atomic E-state index is 0.335. The van der Waals surface area contributed by atoms with Crippen LogP contribution in [-0.2, 0) is 0 Å². The number of rotatable bonds is 8. The molecular formula is C11H25NO. The predicted octanol–water partition coefficient (Wildman–Crippen LogP) is 2.17. The number of unbranched alkanes of at least 4 members (excludes halogenated alkanes) is 2. The molecule has 0 spiro atoms. The van der Waals surface area contributed by atoms with Crippen LogP contribution in [0.15, 0.2) is 0 Å². The van der Waals surface area contributed by atoms with Crippen LogP contribution in [-0.4, -0.2) is 24.3 Å². The van der Waals surface area contributed by atoms with Crippen LogP contribution < -0.4 is 5.32 Å². The third-order valence-corrected chi connectivity index (χ3v) is 2.49. The van der Waals surface area contributed by atoms with Crippen molar-refractivity contribution in [3.63, 3.8) is 0 Å². The van der Waals surface area contributed by atoms with Gasteiger partial charge in [-0.3, -0.25) is 0 Å². The molecule has 1 unspecified atom stereocenters. The summed E-state index contributed by atoms with van der Waals surface area (Å²) in [6.07, 6.45) is 4.47. The van der Waals surface area contributed by atoms with E-state index in [9.17, 15) is 0 Å². The molecule has 0 heterocycles. The van der Waals surface area contributed by atoms with Crippen LogP contribution in [0.1, 0.15) is 46.5 Å². The first kappa shape index (κ1) is 12.9. The van der Waals surface area contributed by atoms with E-state index in [0.29, 0.717) is 12.6 Å². The van der Waals surface area contributed by atoms with Gasteiger partial charge in [0.15, 0.2) is 0 Å². The van der Waals surface area contributed by atoms with E-state index in [2.05, 4.69) is 26.1 Å². The molecule has 0 aromatic heterocycles. The van der Waals surface area contributed by atoms with Crippen molar-refractivity contribution >= 4 is 0 Å². The second-order valence-electron chi connectivity index (χ2n) is 4.00. The number of hydrogen-bond acceptors (Lipinski definition) is 2. The highest BCUT2D eigenvalue weighted by Crippen LogP contribution is 2.05. The van der Waals surface area contributed by atoms with Gasteiger partial charge >= 0.3 is 0 Å². The van der Waals surface area contributed by atoms with E-state index < -0.39 is 0 Å². The molecule has 0 rings (SSSR count). The van der Waals surface area contributed by atoms with Gasteiger partial charge in [-0.1, -0.05) is 20.8 Å². The Labute approximate surface area is 82.7 Å². The van der Waals surface area contributed by atoms with Crippen LogP contribution in [0, 0.1) is 5.92 Å². The van der Waals surface area contributed by atoms with E-state index in [1.165, 1.54) is 12.8 Å². The summed E-state index contributed by atoms with van der Waals surface area (Å²) >= 11 is 0. The van der Waals surface area contributed by atoms with Gasteiger partial charge in [0.25, 0.3) is 0 Å². The van der Waals surface area contributed by atoms with Crippen molar-refractivity contribution in [1.29, 1.82) is 0 Å². The van der Waals surface area contributed by atoms with Crippen molar-refractivity contribution in [1.82, 2.24) is 5.32 Å². The van der Waals surface area contributed by atoms with E-state index in [4.69, 9.17) is 5.11 Å². The maximum atomic E-state index is 8.59. The fourth-order valence-electron chi connectivity index (χ4n) is 1.55. The Morgan fingerprint density at radius 3 is 2.31 bits per heavy atom. The van der Waals surface area contributed by atoms with Crippen LogP contribution in [0.25, 0.3) is 0 Å². The largest absolute Gasteiger partial charge is 0.396 e. The van der Waals surface area contributed by atoms with E-state index >= 15 is 0 Å². The number of nitrogens with one attached hydrogen (secondary N) is 1. The average Bonchev–Trinajstić information content (AvgIpc) is 2.10. The van der Waals surface area contributed by atoms with Crippen molar-refractivity contribution in [2.45, 2.75) is 52.5 Å². The fraction of sp³-hybridized carbons (Fsp3) is 1.00. The van der Waals surface area contributed by atoms with Gasteiger partial charge in [-0.25, -0.2) is 0 Å². The summed E-state index contributed by atoms with van der Waals surface area (Å²) in [5, 5.41) is 12.1. The lowest BCUT2D eigenvalue weighted by atomic mass is 10.0. The maximum Gasteiger partial charge on any atom is 0.0431 e. The lowest BCUT2D eigenvalue weighted by Gasteiger charge is -2.20. The summed E-state index contributed by atoms with van der Waals surface area (Å²) in [6, 6.07) is 0.661. The lowest BCUT2D eigenvalue weighted by Crippen LogP contribution is -2.33. The SMILES string of the molecule is CCC(NCCCCCO)C(C)C. The molecule has 2 nitrogen and oxygen atoms in total. The zero-order chi connectivity index (χ0) is 10.1. The molecule has 0 bridgehead atoms. The quantitative estimate of drug-likeness (QED) is 0.571.